The number of rotatable bonds is 6. The number of nitro benzene ring substituents is 1. The molecule has 3 aromatic rings. The fourth-order valence-electron chi connectivity index (χ4n) is 3.26. The number of aryl methyl sites for hydroxylation is 1. The van der Waals surface area contributed by atoms with E-state index >= 15 is 0 Å². The van der Waals surface area contributed by atoms with Crippen molar-refractivity contribution in [1.29, 1.82) is 0 Å². The van der Waals surface area contributed by atoms with Crippen molar-refractivity contribution in [1.82, 2.24) is 0 Å². The normalized spacial score (nSPS) is 13.9. The Morgan fingerprint density at radius 2 is 1.89 bits per heavy atom. The van der Waals surface area contributed by atoms with Crippen LogP contribution in [-0.2, 0) is 9.53 Å². The van der Waals surface area contributed by atoms with Gasteiger partial charge < -0.3 is 14.2 Å². The van der Waals surface area contributed by atoms with Crippen LogP contribution in [0.1, 0.15) is 27.0 Å². The Labute approximate surface area is 213 Å². The summed E-state index contributed by atoms with van der Waals surface area (Å²) in [6.45, 7) is 1.88. The molecule has 0 aromatic heterocycles. The third kappa shape index (κ3) is 5.38. The molecule has 0 spiro atoms. The number of hydrogen-bond acceptors (Lipinski definition) is 8. The Hall–Kier alpha value is -4.06. The van der Waals surface area contributed by atoms with Crippen LogP contribution in [0.5, 0.6) is 11.5 Å². The summed E-state index contributed by atoms with van der Waals surface area (Å²) in [5.74, 6) is -0.585. The van der Waals surface area contributed by atoms with Crippen molar-refractivity contribution in [3.63, 3.8) is 0 Å². The van der Waals surface area contributed by atoms with Crippen molar-refractivity contribution in [2.45, 2.75) is 6.92 Å². The first-order valence-corrected chi connectivity index (χ1v) is 11.3. The molecule has 0 amide bonds. The number of esters is 2. The van der Waals surface area contributed by atoms with Gasteiger partial charge in [0.25, 0.3) is 5.69 Å². The van der Waals surface area contributed by atoms with Crippen LogP contribution in [0.4, 0.5) is 5.69 Å². The van der Waals surface area contributed by atoms with Gasteiger partial charge >= 0.3 is 11.9 Å². The third-order valence-corrected chi connectivity index (χ3v) is 5.75. The lowest BCUT2D eigenvalue weighted by molar-refractivity contribution is -0.384. The highest BCUT2D eigenvalue weighted by molar-refractivity contribution is 14.1. The zero-order valence-electron chi connectivity index (χ0n) is 18.5. The summed E-state index contributed by atoms with van der Waals surface area (Å²) >= 11 is 2.01. The van der Waals surface area contributed by atoms with Gasteiger partial charge in [0.15, 0.2) is 17.2 Å². The molecule has 0 radical (unpaired) electrons. The quantitative estimate of drug-likeness (QED) is 0.0991. The van der Waals surface area contributed by atoms with Gasteiger partial charge in [-0.05, 0) is 77.6 Å². The van der Waals surface area contributed by atoms with Gasteiger partial charge in [-0.1, -0.05) is 17.7 Å². The largest absolute Gasteiger partial charge is 0.493 e. The smallest absolute Gasteiger partial charge is 0.363 e. The summed E-state index contributed by atoms with van der Waals surface area (Å²) < 4.78 is 16.8. The number of ether oxygens (including phenoxy) is 3. The molecule has 0 unspecified atom stereocenters. The van der Waals surface area contributed by atoms with Crippen molar-refractivity contribution in [2.24, 2.45) is 4.99 Å². The SMILES string of the molecule is COc1cc(/C=C2\N=C(c3ccc([N+](=O)[O-])cc3)OC2=O)cc(I)c1OC(=O)c1cccc(C)c1. The number of cyclic esters (lactones) is 1. The molecule has 4 rings (SSSR count). The van der Waals surface area contributed by atoms with Crippen molar-refractivity contribution < 1.29 is 28.7 Å². The molecule has 1 aliphatic rings. The first-order chi connectivity index (χ1) is 16.7. The predicted octanol–water partition coefficient (Wildman–Crippen LogP) is 5.08. The maximum absolute atomic E-state index is 12.6. The molecular formula is C25H17IN2O7. The Bertz CT molecular complexity index is 1410. The van der Waals surface area contributed by atoms with E-state index in [4.69, 9.17) is 14.2 Å². The van der Waals surface area contributed by atoms with Crippen LogP contribution in [0.3, 0.4) is 0 Å². The van der Waals surface area contributed by atoms with Crippen LogP contribution in [0, 0.1) is 20.6 Å². The summed E-state index contributed by atoms with van der Waals surface area (Å²) in [5.41, 5.74) is 2.30. The standard InChI is InChI=1S/C25H17IN2O7/c1-14-4-3-5-17(10-14)24(29)34-22-19(26)11-15(13-21(22)33-2)12-20-25(30)35-23(27-20)16-6-8-18(9-7-16)28(31)32/h3-13H,1-2H3/b20-12-. The average molecular weight is 584 g/mol. The van der Waals surface area contributed by atoms with Gasteiger partial charge in [-0.15, -0.1) is 0 Å². The maximum Gasteiger partial charge on any atom is 0.363 e. The lowest BCUT2D eigenvalue weighted by atomic mass is 10.1. The summed E-state index contributed by atoms with van der Waals surface area (Å²) in [4.78, 5) is 39.5. The number of nitrogens with zero attached hydrogens (tertiary/aromatic N) is 2. The van der Waals surface area contributed by atoms with Gasteiger partial charge in [0.2, 0.25) is 5.90 Å². The number of nitro groups is 1. The second-order valence-corrected chi connectivity index (χ2v) is 8.60. The number of benzene rings is 3. The average Bonchev–Trinajstić information content (AvgIpc) is 3.20. The molecule has 0 saturated carbocycles. The van der Waals surface area contributed by atoms with Gasteiger partial charge in [-0.3, -0.25) is 10.1 Å². The van der Waals surface area contributed by atoms with Crippen LogP contribution >= 0.6 is 22.6 Å². The Morgan fingerprint density at radius 1 is 1.14 bits per heavy atom. The van der Waals surface area contributed by atoms with Crippen LogP contribution in [0.2, 0.25) is 0 Å². The van der Waals surface area contributed by atoms with E-state index in [1.165, 1.54) is 37.5 Å². The summed E-state index contributed by atoms with van der Waals surface area (Å²) in [6, 6.07) is 15.9. The second kappa shape index (κ2) is 10.1. The number of carbonyl (C=O) groups is 2. The highest BCUT2D eigenvalue weighted by Crippen LogP contribution is 2.35. The molecule has 0 N–H and O–H groups in total. The zero-order valence-corrected chi connectivity index (χ0v) is 20.6. The van der Waals surface area contributed by atoms with E-state index in [1.807, 2.05) is 35.6 Å². The van der Waals surface area contributed by atoms with Crippen molar-refractivity contribution >= 4 is 52.2 Å². The van der Waals surface area contributed by atoms with Crippen molar-refractivity contribution in [3.05, 3.63) is 102 Å². The molecule has 0 saturated heterocycles. The summed E-state index contributed by atoms with van der Waals surface area (Å²) in [6.07, 6.45) is 1.51. The minimum absolute atomic E-state index is 0.0423. The monoisotopic (exact) mass is 584 g/mol. The minimum atomic E-state index is -0.665. The molecular weight excluding hydrogens is 567 g/mol. The lowest BCUT2D eigenvalue weighted by Gasteiger charge is -2.12. The van der Waals surface area contributed by atoms with Gasteiger partial charge in [-0.25, -0.2) is 14.6 Å². The number of halogens is 1. The van der Waals surface area contributed by atoms with E-state index < -0.39 is 16.9 Å². The minimum Gasteiger partial charge on any atom is -0.493 e. The molecule has 0 bridgehead atoms. The first-order valence-electron chi connectivity index (χ1n) is 10.2. The Kier molecular flexibility index (Phi) is 6.92. The summed E-state index contributed by atoms with van der Waals surface area (Å²) in [5, 5.41) is 10.8. The Balaban J connectivity index is 1.61. The van der Waals surface area contributed by atoms with E-state index in [-0.39, 0.29) is 23.0 Å². The van der Waals surface area contributed by atoms with Crippen LogP contribution in [-0.4, -0.2) is 29.9 Å². The second-order valence-electron chi connectivity index (χ2n) is 7.43. The molecule has 0 atom stereocenters. The lowest BCUT2D eigenvalue weighted by Crippen LogP contribution is -2.10. The molecule has 9 nitrogen and oxygen atoms in total. The molecule has 176 valence electrons. The van der Waals surface area contributed by atoms with Gasteiger partial charge in [0.05, 0.1) is 21.2 Å². The molecule has 3 aromatic carbocycles. The maximum atomic E-state index is 12.6. The highest BCUT2D eigenvalue weighted by Gasteiger charge is 2.25. The van der Waals surface area contributed by atoms with Crippen LogP contribution in [0.25, 0.3) is 6.08 Å². The number of aliphatic imine (C=N–C) groups is 1. The van der Waals surface area contributed by atoms with Crippen molar-refractivity contribution in [3.8, 4) is 11.5 Å². The van der Waals surface area contributed by atoms with E-state index in [1.54, 1.807) is 30.3 Å². The number of hydrogen-bond donors (Lipinski definition) is 0. The highest BCUT2D eigenvalue weighted by atomic mass is 127. The molecule has 0 fully saturated rings. The summed E-state index contributed by atoms with van der Waals surface area (Å²) in [7, 11) is 1.45. The van der Waals surface area contributed by atoms with Crippen LogP contribution < -0.4 is 9.47 Å². The third-order valence-electron chi connectivity index (χ3n) is 4.95. The number of carbonyl (C=O) groups excluding carboxylic acids is 2. The van der Waals surface area contributed by atoms with Crippen LogP contribution in [0.15, 0.2) is 71.4 Å². The van der Waals surface area contributed by atoms with Gasteiger partial charge in [-0.2, -0.15) is 0 Å². The van der Waals surface area contributed by atoms with E-state index in [0.29, 0.717) is 26.0 Å². The first kappa shape index (κ1) is 24.1. The topological polar surface area (TPSA) is 117 Å². The van der Waals surface area contributed by atoms with E-state index in [2.05, 4.69) is 4.99 Å². The Morgan fingerprint density at radius 3 is 2.54 bits per heavy atom. The number of methoxy groups -OCH3 is 1. The molecule has 1 heterocycles. The molecule has 35 heavy (non-hydrogen) atoms. The molecule has 10 heteroatoms. The van der Waals surface area contributed by atoms with Gasteiger partial charge in [0.1, 0.15) is 0 Å². The van der Waals surface area contributed by atoms with E-state index in [0.717, 1.165) is 5.56 Å². The molecule has 1 aliphatic heterocycles. The molecule has 0 aliphatic carbocycles. The van der Waals surface area contributed by atoms with E-state index in [9.17, 15) is 19.7 Å². The fraction of sp³-hybridized carbons (Fsp3) is 0.0800. The predicted molar refractivity (Wildman–Crippen MR) is 136 cm³/mol. The number of non-ortho nitro benzene ring substituents is 1. The van der Waals surface area contributed by atoms with Gasteiger partial charge in [0, 0.05) is 17.7 Å². The zero-order chi connectivity index (χ0) is 25.1. The fourth-order valence-corrected chi connectivity index (χ4v) is 4.00. The van der Waals surface area contributed by atoms with Crippen molar-refractivity contribution in [2.75, 3.05) is 7.11 Å².